The molecule has 5 heteroatoms. The normalized spacial score (nSPS) is 19.4. The number of thioether (sulfide) groups is 1. The maximum absolute atomic E-state index is 12.5. The van der Waals surface area contributed by atoms with E-state index in [1.165, 1.54) is 12.1 Å². The van der Waals surface area contributed by atoms with E-state index >= 15 is 0 Å². The van der Waals surface area contributed by atoms with Gasteiger partial charge in [-0.05, 0) is 55.0 Å². The van der Waals surface area contributed by atoms with E-state index in [9.17, 15) is 13.2 Å². The highest BCUT2D eigenvalue weighted by atomic mass is 32.2. The maximum Gasteiger partial charge on any atom is 0.416 e. The number of alkyl halides is 3. The van der Waals surface area contributed by atoms with E-state index in [4.69, 9.17) is 0 Å². The largest absolute Gasteiger partial charge is 0.416 e. The first-order valence-corrected chi connectivity index (χ1v) is 7.60. The van der Waals surface area contributed by atoms with Gasteiger partial charge in [0.2, 0.25) is 0 Å². The van der Waals surface area contributed by atoms with Gasteiger partial charge in [-0.2, -0.15) is 24.9 Å². The van der Waals surface area contributed by atoms with Gasteiger partial charge in [-0.15, -0.1) is 0 Å². The second kappa shape index (κ2) is 6.18. The van der Waals surface area contributed by atoms with Crippen LogP contribution < -0.4 is 5.32 Å². The number of hydrogen-bond donors (Lipinski definition) is 1. The van der Waals surface area contributed by atoms with Gasteiger partial charge >= 0.3 is 6.18 Å². The second-order valence-electron chi connectivity index (χ2n) is 4.84. The Morgan fingerprint density at radius 2 is 1.74 bits per heavy atom. The predicted octanol–water partition coefficient (Wildman–Crippen LogP) is 4.11. The zero-order valence-electron chi connectivity index (χ0n) is 10.8. The van der Waals surface area contributed by atoms with Crippen LogP contribution in [0.2, 0.25) is 0 Å². The minimum atomic E-state index is -4.25. The van der Waals surface area contributed by atoms with Crippen molar-refractivity contribution in [2.24, 2.45) is 5.92 Å². The molecule has 19 heavy (non-hydrogen) atoms. The van der Waals surface area contributed by atoms with E-state index < -0.39 is 11.7 Å². The number of benzene rings is 1. The molecule has 0 radical (unpaired) electrons. The summed E-state index contributed by atoms with van der Waals surface area (Å²) in [6, 6.07) is 5.72. The molecule has 1 fully saturated rings. The fraction of sp³-hybridized carbons (Fsp3) is 0.571. The molecule has 1 aromatic carbocycles. The van der Waals surface area contributed by atoms with E-state index in [2.05, 4.69) is 5.32 Å². The van der Waals surface area contributed by atoms with Gasteiger partial charge in [-0.1, -0.05) is 12.1 Å². The zero-order chi connectivity index (χ0) is 13.9. The smallest absolute Gasteiger partial charge is 0.313 e. The van der Waals surface area contributed by atoms with E-state index in [0.29, 0.717) is 5.92 Å². The van der Waals surface area contributed by atoms with Gasteiger partial charge in [0.1, 0.15) is 0 Å². The van der Waals surface area contributed by atoms with Crippen LogP contribution in [0.1, 0.15) is 30.0 Å². The van der Waals surface area contributed by atoms with Crippen LogP contribution in [0.3, 0.4) is 0 Å². The fourth-order valence-electron chi connectivity index (χ4n) is 2.60. The van der Waals surface area contributed by atoms with Gasteiger partial charge < -0.3 is 5.32 Å². The van der Waals surface area contributed by atoms with Crippen molar-refractivity contribution in [3.8, 4) is 0 Å². The van der Waals surface area contributed by atoms with Crippen LogP contribution in [-0.2, 0) is 6.18 Å². The molecule has 1 saturated heterocycles. The highest BCUT2D eigenvalue weighted by Gasteiger charge is 2.31. The first kappa shape index (κ1) is 14.7. The molecule has 2 rings (SSSR count). The van der Waals surface area contributed by atoms with Crippen LogP contribution in [0.15, 0.2) is 24.3 Å². The molecule has 1 aliphatic rings. The SMILES string of the molecule is CNC(c1ccc(C(F)(F)F)cc1)C1CCSCC1. The molecule has 106 valence electrons. The molecule has 1 N–H and O–H groups in total. The minimum Gasteiger partial charge on any atom is -0.313 e. The highest BCUT2D eigenvalue weighted by molar-refractivity contribution is 7.99. The molecular weight excluding hydrogens is 271 g/mol. The summed E-state index contributed by atoms with van der Waals surface area (Å²) in [5.41, 5.74) is 0.373. The van der Waals surface area contributed by atoms with Crippen molar-refractivity contribution in [3.63, 3.8) is 0 Å². The van der Waals surface area contributed by atoms with Gasteiger partial charge in [0, 0.05) is 6.04 Å². The van der Waals surface area contributed by atoms with Crippen molar-refractivity contribution in [2.75, 3.05) is 18.6 Å². The molecule has 0 saturated carbocycles. The third-order valence-electron chi connectivity index (χ3n) is 3.65. The molecule has 1 heterocycles. The highest BCUT2D eigenvalue weighted by Crippen LogP contribution is 2.35. The number of rotatable bonds is 3. The quantitative estimate of drug-likeness (QED) is 0.898. The monoisotopic (exact) mass is 289 g/mol. The molecule has 0 amide bonds. The van der Waals surface area contributed by atoms with Crippen molar-refractivity contribution in [2.45, 2.75) is 25.1 Å². The van der Waals surface area contributed by atoms with E-state index in [0.717, 1.165) is 29.9 Å². The Morgan fingerprint density at radius 1 is 1.16 bits per heavy atom. The van der Waals surface area contributed by atoms with Gasteiger partial charge in [0.25, 0.3) is 0 Å². The molecule has 1 nitrogen and oxygen atoms in total. The lowest BCUT2D eigenvalue weighted by Crippen LogP contribution is -2.28. The van der Waals surface area contributed by atoms with Crippen molar-refractivity contribution in [1.82, 2.24) is 5.32 Å². The van der Waals surface area contributed by atoms with Crippen molar-refractivity contribution in [3.05, 3.63) is 35.4 Å². The summed E-state index contributed by atoms with van der Waals surface area (Å²) in [6.45, 7) is 0. The van der Waals surface area contributed by atoms with Crippen LogP contribution in [0.4, 0.5) is 13.2 Å². The third-order valence-corrected chi connectivity index (χ3v) is 4.69. The van der Waals surface area contributed by atoms with Crippen LogP contribution in [0.5, 0.6) is 0 Å². The van der Waals surface area contributed by atoms with Crippen LogP contribution in [-0.4, -0.2) is 18.6 Å². The van der Waals surface area contributed by atoms with Crippen molar-refractivity contribution < 1.29 is 13.2 Å². The average molecular weight is 289 g/mol. The first-order valence-electron chi connectivity index (χ1n) is 6.44. The average Bonchev–Trinajstić information content (AvgIpc) is 2.40. The summed E-state index contributed by atoms with van der Waals surface area (Å²) in [5, 5.41) is 3.26. The molecule has 0 spiro atoms. The van der Waals surface area contributed by atoms with Gasteiger partial charge in [0.15, 0.2) is 0 Å². The molecule has 1 unspecified atom stereocenters. The van der Waals surface area contributed by atoms with Gasteiger partial charge in [-0.3, -0.25) is 0 Å². The van der Waals surface area contributed by atoms with Crippen LogP contribution in [0.25, 0.3) is 0 Å². The fourth-order valence-corrected chi connectivity index (χ4v) is 3.75. The van der Waals surface area contributed by atoms with Crippen molar-refractivity contribution >= 4 is 11.8 Å². The summed E-state index contributed by atoms with van der Waals surface area (Å²) < 4.78 is 37.6. The Labute approximate surface area is 116 Å². The van der Waals surface area contributed by atoms with Crippen molar-refractivity contribution in [1.29, 1.82) is 0 Å². The minimum absolute atomic E-state index is 0.156. The lowest BCUT2D eigenvalue weighted by atomic mass is 9.88. The summed E-state index contributed by atoms with van der Waals surface area (Å²) in [7, 11) is 1.88. The number of hydrogen-bond acceptors (Lipinski definition) is 2. The lowest BCUT2D eigenvalue weighted by Gasteiger charge is -2.30. The third kappa shape index (κ3) is 3.66. The Balaban J connectivity index is 2.14. The first-order chi connectivity index (χ1) is 9.02. The summed E-state index contributed by atoms with van der Waals surface area (Å²) in [5.74, 6) is 2.80. The van der Waals surface area contributed by atoms with Gasteiger partial charge in [0.05, 0.1) is 5.56 Å². The Kier molecular flexibility index (Phi) is 4.79. The predicted molar refractivity (Wildman–Crippen MR) is 73.3 cm³/mol. The molecule has 0 bridgehead atoms. The Morgan fingerprint density at radius 3 is 2.21 bits per heavy atom. The molecule has 1 aliphatic heterocycles. The summed E-state index contributed by atoms with van der Waals surface area (Å²) in [6.07, 6.45) is -2.01. The Hall–Kier alpha value is -0.680. The molecule has 0 aliphatic carbocycles. The zero-order valence-corrected chi connectivity index (χ0v) is 11.7. The Bertz CT molecular complexity index is 396. The van der Waals surface area contributed by atoms with Crippen LogP contribution >= 0.6 is 11.8 Å². The second-order valence-corrected chi connectivity index (χ2v) is 6.06. The molecule has 0 aromatic heterocycles. The molecule has 1 aromatic rings. The lowest BCUT2D eigenvalue weighted by molar-refractivity contribution is -0.137. The molecular formula is C14H18F3NS. The summed E-state index contributed by atoms with van der Waals surface area (Å²) in [4.78, 5) is 0. The number of halogens is 3. The van der Waals surface area contributed by atoms with Gasteiger partial charge in [-0.25, -0.2) is 0 Å². The van der Waals surface area contributed by atoms with E-state index in [1.54, 1.807) is 12.1 Å². The van der Waals surface area contributed by atoms with E-state index in [-0.39, 0.29) is 6.04 Å². The standard InChI is InChI=1S/C14H18F3NS/c1-18-13(11-6-8-19-9-7-11)10-2-4-12(5-3-10)14(15,16)17/h2-5,11,13,18H,6-9H2,1H3. The maximum atomic E-state index is 12.5. The van der Waals surface area contributed by atoms with Crippen LogP contribution in [0, 0.1) is 5.92 Å². The molecule has 1 atom stereocenters. The number of nitrogens with one attached hydrogen (secondary N) is 1. The topological polar surface area (TPSA) is 12.0 Å². The summed E-state index contributed by atoms with van der Waals surface area (Å²) >= 11 is 1.95. The van der Waals surface area contributed by atoms with E-state index in [1.807, 2.05) is 18.8 Å².